The molecule has 0 saturated heterocycles. The summed E-state index contributed by atoms with van der Waals surface area (Å²) in [5, 5.41) is 13.2. The van der Waals surface area contributed by atoms with Gasteiger partial charge < -0.3 is 5.21 Å². The maximum Gasteiger partial charge on any atom is 0.254 e. The zero-order chi connectivity index (χ0) is 15.0. The SMILES string of the molecule is CC1=Nc2ccc(Cl)cc2C(c2ccccc2)=[N+]([O-])C1N.Cl. The van der Waals surface area contributed by atoms with E-state index in [4.69, 9.17) is 17.3 Å². The van der Waals surface area contributed by atoms with E-state index in [-0.39, 0.29) is 12.4 Å². The number of nitrogens with zero attached hydrogens (tertiary/aromatic N) is 2. The number of hydrogen-bond donors (Lipinski definition) is 1. The summed E-state index contributed by atoms with van der Waals surface area (Å²) < 4.78 is 0.802. The van der Waals surface area contributed by atoms with E-state index in [1.54, 1.807) is 25.1 Å². The van der Waals surface area contributed by atoms with Crippen molar-refractivity contribution >= 4 is 41.1 Å². The zero-order valence-electron chi connectivity index (χ0n) is 11.9. The van der Waals surface area contributed by atoms with E-state index in [0.717, 1.165) is 10.3 Å². The molecule has 2 aromatic carbocycles. The molecule has 2 aromatic rings. The molecule has 0 aliphatic carbocycles. The van der Waals surface area contributed by atoms with Crippen molar-refractivity contribution < 1.29 is 4.74 Å². The minimum absolute atomic E-state index is 0. The second-order valence-corrected chi connectivity index (χ2v) is 5.34. The zero-order valence-corrected chi connectivity index (χ0v) is 13.4. The second kappa shape index (κ2) is 6.48. The van der Waals surface area contributed by atoms with Crippen LogP contribution in [0.25, 0.3) is 0 Å². The van der Waals surface area contributed by atoms with Crippen LogP contribution in [-0.4, -0.2) is 22.3 Å². The molecule has 1 atom stereocenters. The Kier molecular flexibility index (Phi) is 4.86. The van der Waals surface area contributed by atoms with Gasteiger partial charge in [0.15, 0.2) is 0 Å². The van der Waals surface area contributed by atoms with Gasteiger partial charge in [-0.2, -0.15) is 4.74 Å². The third-order valence-corrected chi connectivity index (χ3v) is 3.69. The lowest BCUT2D eigenvalue weighted by Gasteiger charge is -2.14. The molecule has 1 heterocycles. The van der Waals surface area contributed by atoms with Crippen molar-refractivity contribution in [2.24, 2.45) is 10.7 Å². The Morgan fingerprint density at radius 1 is 1.18 bits per heavy atom. The van der Waals surface area contributed by atoms with E-state index in [1.165, 1.54) is 0 Å². The lowest BCUT2D eigenvalue weighted by Crippen LogP contribution is -2.40. The van der Waals surface area contributed by atoms with E-state index in [1.807, 2.05) is 30.3 Å². The largest absolute Gasteiger partial charge is 0.622 e. The second-order valence-electron chi connectivity index (χ2n) is 4.90. The van der Waals surface area contributed by atoms with E-state index >= 15 is 0 Å². The van der Waals surface area contributed by atoms with Crippen LogP contribution < -0.4 is 5.73 Å². The number of halogens is 2. The molecule has 0 fully saturated rings. The quantitative estimate of drug-likeness (QED) is 0.640. The Hall–Kier alpha value is -1.88. The van der Waals surface area contributed by atoms with Gasteiger partial charge in [-0.1, -0.05) is 29.8 Å². The van der Waals surface area contributed by atoms with Crippen LogP contribution >= 0.6 is 24.0 Å². The van der Waals surface area contributed by atoms with Crippen molar-refractivity contribution in [1.29, 1.82) is 0 Å². The van der Waals surface area contributed by atoms with Gasteiger partial charge >= 0.3 is 0 Å². The molecule has 114 valence electrons. The van der Waals surface area contributed by atoms with Gasteiger partial charge in [-0.05, 0) is 37.3 Å². The number of hydroxylamine groups is 1. The summed E-state index contributed by atoms with van der Waals surface area (Å²) in [7, 11) is 0. The molecule has 3 rings (SSSR count). The van der Waals surface area contributed by atoms with Gasteiger partial charge in [-0.3, -0.25) is 5.73 Å². The molecule has 0 bridgehead atoms. The van der Waals surface area contributed by atoms with Crippen LogP contribution in [0.5, 0.6) is 0 Å². The average Bonchev–Trinajstić information content (AvgIpc) is 2.58. The predicted molar refractivity (Wildman–Crippen MR) is 92.7 cm³/mol. The number of fused-ring (bicyclic) bond motifs is 1. The van der Waals surface area contributed by atoms with Gasteiger partial charge in [0.1, 0.15) is 0 Å². The van der Waals surface area contributed by atoms with Crippen molar-refractivity contribution in [3.05, 3.63) is 69.9 Å². The lowest BCUT2D eigenvalue weighted by molar-refractivity contribution is -0.478. The first-order chi connectivity index (χ1) is 10.1. The Morgan fingerprint density at radius 2 is 1.86 bits per heavy atom. The maximum absolute atomic E-state index is 12.7. The molecule has 2 N–H and O–H groups in total. The maximum atomic E-state index is 12.7. The first-order valence-electron chi connectivity index (χ1n) is 6.57. The minimum atomic E-state index is -0.814. The van der Waals surface area contributed by atoms with Gasteiger partial charge in [-0.15, -0.1) is 12.4 Å². The average molecular weight is 336 g/mol. The standard InChI is InChI=1S/C16H14ClN3O.ClH/c1-10-16(18)20(21)15(11-5-3-2-4-6-11)13-9-12(17)7-8-14(13)19-10;/h2-9,16H,18H2,1H3;1H. The highest BCUT2D eigenvalue weighted by atomic mass is 35.5. The van der Waals surface area contributed by atoms with Gasteiger partial charge in [0.05, 0.1) is 17.0 Å². The van der Waals surface area contributed by atoms with E-state index in [9.17, 15) is 5.21 Å². The fourth-order valence-electron chi connectivity index (χ4n) is 2.36. The van der Waals surface area contributed by atoms with Gasteiger partial charge in [0, 0.05) is 10.6 Å². The highest BCUT2D eigenvalue weighted by Gasteiger charge is 2.28. The fraction of sp³-hybridized carbons (Fsp3) is 0.125. The lowest BCUT2D eigenvalue weighted by atomic mass is 10.0. The number of benzene rings is 2. The normalized spacial score (nSPS) is 17.2. The molecule has 0 amide bonds. The third-order valence-electron chi connectivity index (χ3n) is 3.46. The van der Waals surface area contributed by atoms with E-state index in [2.05, 4.69) is 4.99 Å². The topological polar surface area (TPSA) is 64.5 Å². The monoisotopic (exact) mass is 335 g/mol. The molecular formula is C16H15Cl2N3O. The van der Waals surface area contributed by atoms with E-state index in [0.29, 0.717) is 27.7 Å². The first kappa shape index (κ1) is 16.5. The first-order valence-corrected chi connectivity index (χ1v) is 6.95. The highest BCUT2D eigenvalue weighted by Crippen LogP contribution is 2.28. The summed E-state index contributed by atoms with van der Waals surface area (Å²) in [6, 6.07) is 14.7. The summed E-state index contributed by atoms with van der Waals surface area (Å²) in [5.74, 6) is 0. The van der Waals surface area contributed by atoms with Crippen molar-refractivity contribution in [2.45, 2.75) is 13.1 Å². The fourth-order valence-corrected chi connectivity index (χ4v) is 2.53. The van der Waals surface area contributed by atoms with Gasteiger partial charge in [0.25, 0.3) is 6.17 Å². The molecule has 0 radical (unpaired) electrons. The predicted octanol–water partition coefficient (Wildman–Crippen LogP) is 3.50. The van der Waals surface area contributed by atoms with Crippen LogP contribution in [0.2, 0.25) is 5.02 Å². The van der Waals surface area contributed by atoms with Crippen LogP contribution in [-0.2, 0) is 0 Å². The van der Waals surface area contributed by atoms with Crippen molar-refractivity contribution in [1.82, 2.24) is 0 Å². The molecule has 1 aliphatic rings. The van der Waals surface area contributed by atoms with E-state index < -0.39 is 6.17 Å². The summed E-state index contributed by atoms with van der Waals surface area (Å²) in [5.41, 5.74) is 9.23. The van der Waals surface area contributed by atoms with Crippen LogP contribution in [0.15, 0.2) is 53.5 Å². The van der Waals surface area contributed by atoms with Crippen LogP contribution in [0.1, 0.15) is 18.1 Å². The Labute approximate surface area is 139 Å². The molecule has 4 nitrogen and oxygen atoms in total. The van der Waals surface area contributed by atoms with Crippen molar-refractivity contribution in [3.8, 4) is 0 Å². The molecule has 1 aliphatic heterocycles. The van der Waals surface area contributed by atoms with Crippen molar-refractivity contribution in [3.63, 3.8) is 0 Å². The molecule has 0 spiro atoms. The molecule has 0 aromatic heterocycles. The third kappa shape index (κ3) is 2.86. The Balaban J connectivity index is 0.00000176. The molecule has 1 unspecified atom stereocenters. The summed E-state index contributed by atoms with van der Waals surface area (Å²) in [4.78, 5) is 4.46. The van der Waals surface area contributed by atoms with Crippen molar-refractivity contribution in [2.75, 3.05) is 0 Å². The molecule has 0 saturated carbocycles. The van der Waals surface area contributed by atoms with Crippen LogP contribution in [0.3, 0.4) is 0 Å². The smallest absolute Gasteiger partial charge is 0.254 e. The van der Waals surface area contributed by atoms with Gasteiger partial charge in [-0.25, -0.2) is 4.99 Å². The number of nitrogens with two attached hydrogens (primary N) is 1. The molecule has 22 heavy (non-hydrogen) atoms. The molecule has 6 heteroatoms. The number of hydrogen-bond acceptors (Lipinski definition) is 3. The summed E-state index contributed by atoms with van der Waals surface area (Å²) >= 11 is 6.09. The van der Waals surface area contributed by atoms with Crippen LogP contribution in [0.4, 0.5) is 5.69 Å². The minimum Gasteiger partial charge on any atom is -0.622 e. The van der Waals surface area contributed by atoms with Crippen LogP contribution in [0, 0.1) is 5.21 Å². The Bertz CT molecular complexity index is 757. The Morgan fingerprint density at radius 3 is 2.55 bits per heavy atom. The number of aliphatic imine (C=N–C) groups is 1. The van der Waals surface area contributed by atoms with Gasteiger partial charge in [0.2, 0.25) is 5.71 Å². The molecular weight excluding hydrogens is 321 g/mol. The number of rotatable bonds is 1. The summed E-state index contributed by atoms with van der Waals surface area (Å²) in [6.45, 7) is 1.75. The summed E-state index contributed by atoms with van der Waals surface area (Å²) in [6.07, 6.45) is -0.814. The highest BCUT2D eigenvalue weighted by molar-refractivity contribution is 6.31.